The van der Waals surface area contributed by atoms with Gasteiger partial charge in [-0.15, -0.1) is 0 Å². The van der Waals surface area contributed by atoms with Crippen LogP contribution in [0, 0.1) is 0 Å². The molecule has 0 unspecified atom stereocenters. The lowest BCUT2D eigenvalue weighted by molar-refractivity contribution is -0.120. The van der Waals surface area contributed by atoms with Crippen molar-refractivity contribution >= 4 is 17.6 Å². The second-order valence-electron chi connectivity index (χ2n) is 5.91. The Kier molecular flexibility index (Phi) is 7.39. The predicted molar refractivity (Wildman–Crippen MR) is 99.4 cm³/mol. The molecule has 0 atom stereocenters. The maximum absolute atomic E-state index is 11.5. The number of amides is 1. The Hall–Kier alpha value is -2.24. The van der Waals surface area contributed by atoms with Gasteiger partial charge in [0.25, 0.3) is 0 Å². The average Bonchev–Trinajstić information content (AvgIpc) is 2.60. The molecule has 1 heterocycles. The van der Waals surface area contributed by atoms with Crippen molar-refractivity contribution in [2.45, 2.75) is 33.2 Å². The van der Waals surface area contributed by atoms with Gasteiger partial charge in [-0.3, -0.25) is 4.79 Å². The molecule has 1 aliphatic rings. The van der Waals surface area contributed by atoms with Gasteiger partial charge in [0.1, 0.15) is 0 Å². The summed E-state index contributed by atoms with van der Waals surface area (Å²) in [4.78, 5) is 18.2. The molecule has 132 valence electrons. The molecule has 6 nitrogen and oxygen atoms in total. The van der Waals surface area contributed by atoms with Gasteiger partial charge in [-0.25, -0.2) is 4.99 Å². The molecular formula is C18H29N5O. The summed E-state index contributed by atoms with van der Waals surface area (Å²) in [5, 5.41) is 9.46. The van der Waals surface area contributed by atoms with Crippen LogP contribution in [0.4, 0.5) is 5.69 Å². The molecule has 0 bridgehead atoms. The Morgan fingerprint density at radius 1 is 1.25 bits per heavy atom. The van der Waals surface area contributed by atoms with E-state index in [0.717, 1.165) is 43.3 Å². The first-order valence-electron chi connectivity index (χ1n) is 8.85. The van der Waals surface area contributed by atoms with E-state index in [9.17, 15) is 4.79 Å². The zero-order chi connectivity index (χ0) is 17.2. The fourth-order valence-corrected chi connectivity index (χ4v) is 2.57. The molecule has 24 heavy (non-hydrogen) atoms. The minimum atomic E-state index is 0.0864. The highest BCUT2D eigenvalue weighted by Crippen LogP contribution is 2.16. The molecular weight excluding hydrogens is 302 g/mol. The fraction of sp³-hybridized carbons (Fsp3) is 0.556. The molecule has 0 spiro atoms. The van der Waals surface area contributed by atoms with Gasteiger partial charge in [-0.05, 0) is 31.0 Å². The molecule has 0 aliphatic carbocycles. The number of nitrogens with one attached hydrogen (secondary N) is 3. The van der Waals surface area contributed by atoms with E-state index in [-0.39, 0.29) is 5.91 Å². The molecule has 0 saturated carbocycles. The number of hydrogen-bond donors (Lipinski definition) is 3. The minimum Gasteiger partial charge on any atom is -0.360 e. The quantitative estimate of drug-likeness (QED) is 0.402. The van der Waals surface area contributed by atoms with Crippen LogP contribution in [0.2, 0.25) is 0 Å². The molecule has 6 heteroatoms. The Bertz CT molecular complexity index is 541. The number of nitrogens with zero attached hydrogens (tertiary/aromatic N) is 2. The van der Waals surface area contributed by atoms with Gasteiger partial charge in [0.05, 0.1) is 13.1 Å². The lowest BCUT2D eigenvalue weighted by Crippen LogP contribution is -2.47. The topological polar surface area (TPSA) is 68.8 Å². The van der Waals surface area contributed by atoms with Crippen LogP contribution in [0.5, 0.6) is 0 Å². The molecule has 3 N–H and O–H groups in total. The van der Waals surface area contributed by atoms with Crippen LogP contribution in [0.15, 0.2) is 29.3 Å². The van der Waals surface area contributed by atoms with Crippen molar-refractivity contribution in [2.24, 2.45) is 4.99 Å². The number of anilines is 1. The third kappa shape index (κ3) is 5.76. The molecule has 1 aromatic rings. The van der Waals surface area contributed by atoms with E-state index in [2.05, 4.69) is 64.0 Å². The largest absolute Gasteiger partial charge is 0.360 e. The number of guanidine groups is 1. The van der Waals surface area contributed by atoms with Crippen LogP contribution in [0.25, 0.3) is 0 Å². The van der Waals surface area contributed by atoms with E-state index >= 15 is 0 Å². The SMILES string of the molecule is CCCCNC(=NCc1ccc(N2CCNC(=O)C2)cc1)NCC. The highest BCUT2D eigenvalue weighted by molar-refractivity contribution is 5.82. The van der Waals surface area contributed by atoms with Gasteiger partial charge in [0.15, 0.2) is 5.96 Å². The third-order valence-electron chi connectivity index (χ3n) is 3.93. The molecule has 0 aromatic heterocycles. The van der Waals surface area contributed by atoms with E-state index in [1.54, 1.807) is 0 Å². The number of hydrogen-bond acceptors (Lipinski definition) is 3. The summed E-state index contributed by atoms with van der Waals surface area (Å²) >= 11 is 0. The van der Waals surface area contributed by atoms with Crippen LogP contribution in [0.3, 0.4) is 0 Å². The third-order valence-corrected chi connectivity index (χ3v) is 3.93. The number of aliphatic imine (C=N–C) groups is 1. The standard InChI is InChI=1S/C18H29N5O/c1-3-5-10-21-18(19-4-2)22-13-15-6-8-16(9-7-15)23-12-11-20-17(24)14-23/h6-9H,3-5,10-14H2,1-2H3,(H,20,24)(H2,19,21,22). The number of carbonyl (C=O) groups excluding carboxylic acids is 1. The van der Waals surface area contributed by atoms with Crippen LogP contribution >= 0.6 is 0 Å². The molecule has 1 fully saturated rings. The van der Waals surface area contributed by atoms with E-state index < -0.39 is 0 Å². The van der Waals surface area contributed by atoms with Crippen LogP contribution in [-0.2, 0) is 11.3 Å². The van der Waals surface area contributed by atoms with E-state index in [0.29, 0.717) is 19.6 Å². The lowest BCUT2D eigenvalue weighted by Gasteiger charge is -2.28. The summed E-state index contributed by atoms with van der Waals surface area (Å²) in [5.74, 6) is 0.950. The maximum atomic E-state index is 11.5. The van der Waals surface area contributed by atoms with Gasteiger partial charge in [-0.1, -0.05) is 25.5 Å². The van der Waals surface area contributed by atoms with Gasteiger partial charge in [-0.2, -0.15) is 0 Å². The number of benzene rings is 1. The van der Waals surface area contributed by atoms with E-state index in [1.165, 1.54) is 6.42 Å². The monoisotopic (exact) mass is 331 g/mol. The van der Waals surface area contributed by atoms with Crippen LogP contribution < -0.4 is 20.9 Å². The average molecular weight is 331 g/mol. The van der Waals surface area contributed by atoms with Crippen molar-refractivity contribution in [1.29, 1.82) is 0 Å². The maximum Gasteiger partial charge on any atom is 0.239 e. The second kappa shape index (κ2) is 9.80. The summed E-state index contributed by atoms with van der Waals surface area (Å²) < 4.78 is 0. The fourth-order valence-electron chi connectivity index (χ4n) is 2.57. The normalized spacial score (nSPS) is 15.2. The highest BCUT2D eigenvalue weighted by Gasteiger charge is 2.15. The number of rotatable bonds is 7. The van der Waals surface area contributed by atoms with Crippen molar-refractivity contribution < 1.29 is 4.79 Å². The van der Waals surface area contributed by atoms with Gasteiger partial charge in [0.2, 0.25) is 5.91 Å². The summed E-state index contributed by atoms with van der Waals surface area (Å²) in [6.07, 6.45) is 2.31. The Morgan fingerprint density at radius 3 is 2.71 bits per heavy atom. The first kappa shape index (κ1) is 18.1. The predicted octanol–water partition coefficient (Wildman–Crippen LogP) is 1.48. The minimum absolute atomic E-state index is 0.0864. The van der Waals surface area contributed by atoms with Crippen molar-refractivity contribution in [1.82, 2.24) is 16.0 Å². The van der Waals surface area contributed by atoms with Crippen LogP contribution in [0.1, 0.15) is 32.3 Å². The smallest absolute Gasteiger partial charge is 0.239 e. The van der Waals surface area contributed by atoms with Crippen LogP contribution in [-0.4, -0.2) is 44.6 Å². The van der Waals surface area contributed by atoms with Gasteiger partial charge >= 0.3 is 0 Å². The number of carbonyl (C=O) groups is 1. The first-order valence-corrected chi connectivity index (χ1v) is 8.85. The molecule has 1 aromatic carbocycles. The summed E-state index contributed by atoms with van der Waals surface area (Å²) in [6.45, 7) is 8.69. The van der Waals surface area contributed by atoms with Crippen molar-refractivity contribution in [3.05, 3.63) is 29.8 Å². The molecule has 1 aliphatic heterocycles. The van der Waals surface area contributed by atoms with Gasteiger partial charge in [0, 0.05) is 31.9 Å². The summed E-state index contributed by atoms with van der Waals surface area (Å²) in [7, 11) is 0. The molecule has 2 rings (SSSR count). The zero-order valence-electron chi connectivity index (χ0n) is 14.8. The van der Waals surface area contributed by atoms with E-state index in [4.69, 9.17) is 0 Å². The Labute approximate surface area is 144 Å². The highest BCUT2D eigenvalue weighted by atomic mass is 16.2. The van der Waals surface area contributed by atoms with Crippen molar-refractivity contribution in [3.63, 3.8) is 0 Å². The van der Waals surface area contributed by atoms with E-state index in [1.807, 2.05) is 0 Å². The first-order chi connectivity index (χ1) is 11.7. The summed E-state index contributed by atoms with van der Waals surface area (Å²) in [6, 6.07) is 8.31. The lowest BCUT2D eigenvalue weighted by atomic mass is 10.2. The van der Waals surface area contributed by atoms with Crippen molar-refractivity contribution in [3.8, 4) is 0 Å². The summed E-state index contributed by atoms with van der Waals surface area (Å²) in [5.41, 5.74) is 2.25. The number of unbranched alkanes of at least 4 members (excludes halogenated alkanes) is 1. The zero-order valence-corrected chi connectivity index (χ0v) is 14.8. The molecule has 1 amide bonds. The molecule has 1 saturated heterocycles. The van der Waals surface area contributed by atoms with Crippen molar-refractivity contribution in [2.75, 3.05) is 37.6 Å². The Morgan fingerprint density at radius 2 is 2.04 bits per heavy atom. The Balaban J connectivity index is 1.91. The number of piperazine rings is 1. The second-order valence-corrected chi connectivity index (χ2v) is 5.91. The van der Waals surface area contributed by atoms with Gasteiger partial charge < -0.3 is 20.9 Å². The molecule has 0 radical (unpaired) electrons.